The molecule has 0 aromatic heterocycles. The maximum atomic E-state index is 9.76. The molecule has 0 bridgehead atoms. The highest BCUT2D eigenvalue weighted by Crippen LogP contribution is 2.09. The summed E-state index contributed by atoms with van der Waals surface area (Å²) < 4.78 is 0. The van der Waals surface area contributed by atoms with E-state index in [1.807, 2.05) is 49.4 Å². The van der Waals surface area contributed by atoms with Gasteiger partial charge in [0.05, 0.1) is 12.2 Å². The molecule has 1 N–H and O–H groups in total. The Kier molecular flexibility index (Phi) is 5.04. The summed E-state index contributed by atoms with van der Waals surface area (Å²) in [6.45, 7) is 1.87. The molecule has 0 unspecified atom stereocenters. The Labute approximate surface area is 96.2 Å². The Balaban J connectivity index is 2.58. The average molecular weight is 213 g/mol. The van der Waals surface area contributed by atoms with E-state index in [9.17, 15) is 5.11 Å². The van der Waals surface area contributed by atoms with Gasteiger partial charge in [0.15, 0.2) is 0 Å². The maximum absolute atomic E-state index is 9.76. The second-order valence-electron chi connectivity index (χ2n) is 3.61. The zero-order valence-corrected chi connectivity index (χ0v) is 9.25. The summed E-state index contributed by atoms with van der Waals surface area (Å²) in [6, 6.07) is 11.7. The van der Waals surface area contributed by atoms with E-state index in [1.165, 1.54) is 6.08 Å². The van der Waals surface area contributed by atoms with E-state index >= 15 is 0 Å². The molecule has 2 nitrogen and oxygen atoms in total. The third kappa shape index (κ3) is 4.12. The molecule has 1 aromatic carbocycles. The zero-order valence-electron chi connectivity index (χ0n) is 9.25. The van der Waals surface area contributed by atoms with Crippen LogP contribution >= 0.6 is 0 Å². The normalized spacial score (nSPS) is 15.1. The SMILES string of the molecule is C[C@@H](/C=C\C#N)[C@H](O)/C=C/c1ccccc1. The minimum Gasteiger partial charge on any atom is -0.388 e. The third-order valence-corrected chi connectivity index (χ3v) is 2.30. The standard InChI is InChI=1S/C14H15NO/c1-12(6-5-11-15)14(16)10-9-13-7-3-2-4-8-13/h2-10,12,14,16H,1H3/b6-5-,10-9+/t12-,14+/m0/s1. The summed E-state index contributed by atoms with van der Waals surface area (Å²) in [5.41, 5.74) is 1.05. The monoisotopic (exact) mass is 213 g/mol. The van der Waals surface area contributed by atoms with Crippen molar-refractivity contribution in [1.29, 1.82) is 5.26 Å². The van der Waals surface area contributed by atoms with Crippen LogP contribution in [0, 0.1) is 17.2 Å². The number of aliphatic hydroxyl groups excluding tert-OH is 1. The predicted octanol–water partition coefficient (Wildman–Crippen LogP) is 2.78. The van der Waals surface area contributed by atoms with Gasteiger partial charge in [-0.1, -0.05) is 55.5 Å². The van der Waals surface area contributed by atoms with Gasteiger partial charge in [-0.25, -0.2) is 0 Å². The van der Waals surface area contributed by atoms with E-state index in [1.54, 1.807) is 12.2 Å². The summed E-state index contributed by atoms with van der Waals surface area (Å²) in [5, 5.41) is 18.1. The van der Waals surface area contributed by atoms with Gasteiger partial charge in [-0.15, -0.1) is 0 Å². The van der Waals surface area contributed by atoms with Crippen molar-refractivity contribution in [2.45, 2.75) is 13.0 Å². The van der Waals surface area contributed by atoms with E-state index in [-0.39, 0.29) is 5.92 Å². The molecule has 2 atom stereocenters. The minimum atomic E-state index is -0.565. The predicted molar refractivity (Wildman–Crippen MR) is 65.4 cm³/mol. The topological polar surface area (TPSA) is 44.0 Å². The van der Waals surface area contributed by atoms with Crippen LogP contribution in [0.3, 0.4) is 0 Å². The second kappa shape index (κ2) is 6.60. The number of benzene rings is 1. The van der Waals surface area contributed by atoms with Crippen LogP contribution in [0.5, 0.6) is 0 Å². The first-order valence-corrected chi connectivity index (χ1v) is 5.21. The Morgan fingerprint density at radius 3 is 2.56 bits per heavy atom. The van der Waals surface area contributed by atoms with Gasteiger partial charge in [0, 0.05) is 12.0 Å². The van der Waals surface area contributed by atoms with Crippen LogP contribution in [-0.2, 0) is 0 Å². The number of nitrogens with zero attached hydrogens (tertiary/aromatic N) is 1. The molecule has 0 heterocycles. The van der Waals surface area contributed by atoms with Crippen molar-refractivity contribution in [2.24, 2.45) is 5.92 Å². The fraction of sp³-hybridized carbons (Fsp3) is 0.214. The third-order valence-electron chi connectivity index (χ3n) is 2.30. The van der Waals surface area contributed by atoms with E-state index in [2.05, 4.69) is 0 Å². The van der Waals surface area contributed by atoms with Gasteiger partial charge in [0.1, 0.15) is 0 Å². The van der Waals surface area contributed by atoms with Crippen LogP contribution in [0.1, 0.15) is 12.5 Å². The molecular formula is C14H15NO. The molecule has 0 amide bonds. The lowest BCUT2D eigenvalue weighted by molar-refractivity contribution is 0.186. The number of hydrogen-bond donors (Lipinski definition) is 1. The van der Waals surface area contributed by atoms with Gasteiger partial charge in [-0.2, -0.15) is 5.26 Å². The molecule has 82 valence electrons. The molecule has 16 heavy (non-hydrogen) atoms. The van der Waals surface area contributed by atoms with Crippen LogP contribution in [0.2, 0.25) is 0 Å². The van der Waals surface area contributed by atoms with Crippen LogP contribution in [0.15, 0.2) is 48.6 Å². The Morgan fingerprint density at radius 2 is 1.94 bits per heavy atom. The van der Waals surface area contributed by atoms with E-state index in [0.717, 1.165) is 5.56 Å². The summed E-state index contributed by atoms with van der Waals surface area (Å²) in [4.78, 5) is 0. The number of hydrogen-bond acceptors (Lipinski definition) is 2. The lowest BCUT2D eigenvalue weighted by Gasteiger charge is -2.09. The smallest absolute Gasteiger partial charge is 0.0908 e. The zero-order chi connectivity index (χ0) is 11.8. The summed E-state index contributed by atoms with van der Waals surface area (Å²) >= 11 is 0. The van der Waals surface area contributed by atoms with E-state index in [4.69, 9.17) is 5.26 Å². The van der Waals surface area contributed by atoms with Gasteiger partial charge in [0.2, 0.25) is 0 Å². The first-order chi connectivity index (χ1) is 7.74. The molecule has 2 heteroatoms. The van der Waals surface area contributed by atoms with Crippen molar-refractivity contribution in [2.75, 3.05) is 0 Å². The second-order valence-corrected chi connectivity index (χ2v) is 3.61. The average Bonchev–Trinajstić information content (AvgIpc) is 2.34. The van der Waals surface area contributed by atoms with Crippen LogP contribution in [0.4, 0.5) is 0 Å². The van der Waals surface area contributed by atoms with Gasteiger partial charge >= 0.3 is 0 Å². The van der Waals surface area contributed by atoms with Crippen molar-refractivity contribution in [3.63, 3.8) is 0 Å². The van der Waals surface area contributed by atoms with E-state index < -0.39 is 6.10 Å². The first-order valence-electron chi connectivity index (χ1n) is 5.21. The highest BCUT2D eigenvalue weighted by Gasteiger charge is 2.06. The Hall–Kier alpha value is -1.85. The van der Waals surface area contributed by atoms with Crippen LogP contribution < -0.4 is 0 Å². The van der Waals surface area contributed by atoms with Gasteiger partial charge in [0.25, 0.3) is 0 Å². The molecule has 0 fully saturated rings. The maximum Gasteiger partial charge on any atom is 0.0908 e. The Bertz CT molecular complexity index is 400. The van der Waals surface area contributed by atoms with Gasteiger partial charge < -0.3 is 5.11 Å². The molecule has 1 rings (SSSR count). The fourth-order valence-electron chi connectivity index (χ4n) is 1.26. The van der Waals surface area contributed by atoms with Crippen LogP contribution in [-0.4, -0.2) is 11.2 Å². The molecule has 1 aromatic rings. The highest BCUT2D eigenvalue weighted by molar-refractivity contribution is 5.49. The Morgan fingerprint density at radius 1 is 1.25 bits per heavy atom. The largest absolute Gasteiger partial charge is 0.388 e. The molecule has 0 aliphatic carbocycles. The van der Waals surface area contributed by atoms with Crippen molar-refractivity contribution < 1.29 is 5.11 Å². The quantitative estimate of drug-likeness (QED) is 0.781. The lowest BCUT2D eigenvalue weighted by Crippen LogP contribution is -2.11. The molecule has 0 saturated heterocycles. The van der Waals surface area contributed by atoms with Crippen LogP contribution in [0.25, 0.3) is 6.08 Å². The van der Waals surface area contributed by atoms with Gasteiger partial charge in [-0.3, -0.25) is 0 Å². The van der Waals surface area contributed by atoms with Gasteiger partial charge in [-0.05, 0) is 5.56 Å². The molecule has 0 radical (unpaired) electrons. The summed E-state index contributed by atoms with van der Waals surface area (Å²) in [5.74, 6) is -0.0559. The van der Waals surface area contributed by atoms with E-state index in [0.29, 0.717) is 0 Å². The summed E-state index contributed by atoms with van der Waals surface area (Å²) in [7, 11) is 0. The molecular weight excluding hydrogens is 198 g/mol. The molecule has 0 aliphatic heterocycles. The lowest BCUT2D eigenvalue weighted by atomic mass is 10.0. The van der Waals surface area contributed by atoms with Crippen molar-refractivity contribution in [1.82, 2.24) is 0 Å². The van der Waals surface area contributed by atoms with Crippen molar-refractivity contribution in [3.05, 3.63) is 54.1 Å². The first kappa shape index (κ1) is 12.2. The number of aliphatic hydroxyl groups is 1. The number of allylic oxidation sites excluding steroid dienone is 1. The molecule has 0 saturated carbocycles. The number of nitriles is 1. The molecule has 0 aliphatic rings. The van der Waals surface area contributed by atoms with Crippen molar-refractivity contribution in [3.8, 4) is 6.07 Å². The molecule has 0 spiro atoms. The van der Waals surface area contributed by atoms with Crippen molar-refractivity contribution >= 4 is 6.08 Å². The fourth-order valence-corrected chi connectivity index (χ4v) is 1.26. The summed E-state index contributed by atoms with van der Waals surface area (Å²) in [6.07, 6.45) is 6.14. The highest BCUT2D eigenvalue weighted by atomic mass is 16.3. The number of rotatable bonds is 4. The minimum absolute atomic E-state index is 0.0559.